The Morgan fingerprint density at radius 1 is 1.07 bits per heavy atom. The molecule has 6 nitrogen and oxygen atoms in total. The smallest absolute Gasteiger partial charge is 0.243 e. The van der Waals surface area contributed by atoms with Crippen LogP contribution in [0.25, 0.3) is 11.3 Å². The number of likely N-dealkylation sites (N-methyl/N-ethyl adjacent to an activating group) is 1. The minimum Gasteiger partial charge on any atom is -0.441 e. The molecule has 1 heterocycles. The summed E-state index contributed by atoms with van der Waals surface area (Å²) in [5.41, 5.74) is 3.84. The third kappa shape index (κ3) is 5.31. The number of aromatic nitrogens is 1. The van der Waals surface area contributed by atoms with Crippen LogP contribution < -0.4 is 5.32 Å². The fraction of sp³-hybridized carbons (Fsp3) is 0.261. The van der Waals surface area contributed by atoms with E-state index < -0.39 is 0 Å². The van der Waals surface area contributed by atoms with E-state index in [-0.39, 0.29) is 24.8 Å². The van der Waals surface area contributed by atoms with Crippen LogP contribution in [0.15, 0.2) is 59.1 Å². The number of oxazole rings is 1. The lowest BCUT2D eigenvalue weighted by atomic mass is 10.1. The number of carbonyl (C=O) groups excluding carboxylic acids is 2. The van der Waals surface area contributed by atoms with E-state index in [2.05, 4.69) is 10.3 Å². The highest BCUT2D eigenvalue weighted by molar-refractivity contribution is 5.95. The molecule has 0 unspecified atom stereocenters. The van der Waals surface area contributed by atoms with Gasteiger partial charge in [-0.1, -0.05) is 42.5 Å². The summed E-state index contributed by atoms with van der Waals surface area (Å²) in [5.74, 6) is 0.817. The van der Waals surface area contributed by atoms with Gasteiger partial charge in [0.2, 0.25) is 11.8 Å². The molecular formula is C23H25N3O3. The van der Waals surface area contributed by atoms with E-state index >= 15 is 0 Å². The van der Waals surface area contributed by atoms with Crippen LogP contribution in [0.3, 0.4) is 0 Å². The van der Waals surface area contributed by atoms with Crippen molar-refractivity contribution < 1.29 is 14.0 Å². The predicted octanol–water partition coefficient (Wildman–Crippen LogP) is 3.99. The second-order valence-electron chi connectivity index (χ2n) is 7.03. The van der Waals surface area contributed by atoms with E-state index in [1.165, 1.54) is 4.90 Å². The monoisotopic (exact) mass is 391 g/mol. The first kappa shape index (κ1) is 20.3. The molecule has 3 rings (SSSR count). The number of hydrogen-bond donors (Lipinski definition) is 1. The Labute approximate surface area is 170 Å². The SMILES string of the molecule is Cc1cccc(NC(=O)CN(C)C(=O)CCc2ncc(-c3ccccc3)o2)c1C. The summed E-state index contributed by atoms with van der Waals surface area (Å²) in [6.07, 6.45) is 2.27. The average molecular weight is 391 g/mol. The second-order valence-corrected chi connectivity index (χ2v) is 7.03. The van der Waals surface area contributed by atoms with Gasteiger partial charge in [-0.2, -0.15) is 0 Å². The minimum atomic E-state index is -0.225. The van der Waals surface area contributed by atoms with Crippen LogP contribution in [0.2, 0.25) is 0 Å². The van der Waals surface area contributed by atoms with Crippen molar-refractivity contribution >= 4 is 17.5 Å². The molecule has 0 fully saturated rings. The molecule has 0 spiro atoms. The zero-order valence-corrected chi connectivity index (χ0v) is 16.9. The Kier molecular flexibility index (Phi) is 6.44. The van der Waals surface area contributed by atoms with Crippen LogP contribution in [0.5, 0.6) is 0 Å². The molecule has 0 saturated heterocycles. The summed E-state index contributed by atoms with van der Waals surface area (Å²) >= 11 is 0. The van der Waals surface area contributed by atoms with Gasteiger partial charge >= 0.3 is 0 Å². The topological polar surface area (TPSA) is 75.4 Å². The zero-order chi connectivity index (χ0) is 20.8. The lowest BCUT2D eigenvalue weighted by molar-refractivity contribution is -0.133. The van der Waals surface area contributed by atoms with Crippen molar-refractivity contribution in [3.63, 3.8) is 0 Å². The Morgan fingerprint density at radius 2 is 1.83 bits per heavy atom. The molecule has 0 aliphatic carbocycles. The molecule has 0 bridgehead atoms. The number of aryl methyl sites for hydroxylation is 2. The molecule has 2 aromatic carbocycles. The Morgan fingerprint density at radius 3 is 2.59 bits per heavy atom. The Bertz CT molecular complexity index is 996. The third-order valence-corrected chi connectivity index (χ3v) is 4.85. The minimum absolute atomic E-state index is 0.00688. The van der Waals surface area contributed by atoms with Gasteiger partial charge < -0.3 is 14.6 Å². The van der Waals surface area contributed by atoms with E-state index in [0.29, 0.717) is 18.1 Å². The summed E-state index contributed by atoms with van der Waals surface area (Å²) in [4.78, 5) is 30.3. The molecule has 0 aliphatic rings. The normalized spacial score (nSPS) is 10.6. The van der Waals surface area contributed by atoms with Gasteiger partial charge in [-0.15, -0.1) is 0 Å². The van der Waals surface area contributed by atoms with Gasteiger partial charge in [0, 0.05) is 31.1 Å². The van der Waals surface area contributed by atoms with Gasteiger partial charge in [-0.3, -0.25) is 9.59 Å². The molecular weight excluding hydrogens is 366 g/mol. The number of hydrogen-bond acceptors (Lipinski definition) is 4. The van der Waals surface area contributed by atoms with E-state index in [1.54, 1.807) is 13.2 Å². The molecule has 0 atom stereocenters. The molecule has 2 amide bonds. The molecule has 150 valence electrons. The molecule has 3 aromatic rings. The molecule has 0 radical (unpaired) electrons. The number of nitrogens with zero attached hydrogens (tertiary/aromatic N) is 2. The largest absolute Gasteiger partial charge is 0.441 e. The van der Waals surface area contributed by atoms with Crippen molar-refractivity contribution in [2.75, 3.05) is 18.9 Å². The molecule has 6 heteroatoms. The van der Waals surface area contributed by atoms with E-state index in [9.17, 15) is 9.59 Å². The number of carbonyl (C=O) groups is 2. The number of benzene rings is 2. The van der Waals surface area contributed by atoms with Gasteiger partial charge in [0.05, 0.1) is 12.7 Å². The maximum absolute atomic E-state index is 12.4. The zero-order valence-electron chi connectivity index (χ0n) is 16.9. The van der Waals surface area contributed by atoms with Crippen LogP contribution in [0.4, 0.5) is 5.69 Å². The van der Waals surface area contributed by atoms with Crippen molar-refractivity contribution in [3.05, 3.63) is 71.7 Å². The summed E-state index contributed by atoms with van der Waals surface area (Å²) in [5, 5.41) is 2.87. The van der Waals surface area contributed by atoms with Crippen LogP contribution in [-0.4, -0.2) is 35.3 Å². The highest BCUT2D eigenvalue weighted by atomic mass is 16.4. The number of rotatable bonds is 7. The number of anilines is 1. The van der Waals surface area contributed by atoms with Gasteiger partial charge in [0.15, 0.2) is 11.7 Å². The highest BCUT2D eigenvalue weighted by Gasteiger charge is 2.15. The predicted molar refractivity (Wildman–Crippen MR) is 112 cm³/mol. The summed E-state index contributed by atoms with van der Waals surface area (Å²) in [6.45, 7) is 3.94. The van der Waals surface area contributed by atoms with Crippen molar-refractivity contribution in [1.82, 2.24) is 9.88 Å². The first-order chi connectivity index (χ1) is 13.9. The van der Waals surface area contributed by atoms with E-state index in [1.807, 2.05) is 62.4 Å². The van der Waals surface area contributed by atoms with Gasteiger partial charge in [0.25, 0.3) is 0 Å². The van der Waals surface area contributed by atoms with E-state index in [0.717, 1.165) is 22.4 Å². The fourth-order valence-electron chi connectivity index (χ4n) is 2.95. The van der Waals surface area contributed by atoms with Crippen molar-refractivity contribution in [2.45, 2.75) is 26.7 Å². The molecule has 29 heavy (non-hydrogen) atoms. The number of nitrogens with one attached hydrogen (secondary N) is 1. The Balaban J connectivity index is 1.50. The van der Waals surface area contributed by atoms with Crippen molar-refractivity contribution in [2.24, 2.45) is 0 Å². The standard InChI is InChI=1S/C23H25N3O3/c1-16-8-7-11-19(17(16)2)25-21(27)15-26(3)23(28)13-12-22-24-14-20(29-22)18-9-5-4-6-10-18/h4-11,14H,12-13,15H2,1-3H3,(H,25,27). The number of amides is 2. The highest BCUT2D eigenvalue weighted by Crippen LogP contribution is 2.20. The third-order valence-electron chi connectivity index (χ3n) is 4.85. The average Bonchev–Trinajstić information content (AvgIpc) is 3.19. The maximum atomic E-state index is 12.4. The van der Waals surface area contributed by atoms with Crippen molar-refractivity contribution in [3.8, 4) is 11.3 Å². The molecule has 0 aliphatic heterocycles. The summed E-state index contributed by atoms with van der Waals surface area (Å²) in [7, 11) is 1.62. The van der Waals surface area contributed by atoms with Crippen LogP contribution in [0, 0.1) is 13.8 Å². The van der Waals surface area contributed by atoms with Crippen LogP contribution in [0.1, 0.15) is 23.4 Å². The quantitative estimate of drug-likeness (QED) is 0.661. The first-order valence-corrected chi connectivity index (χ1v) is 9.54. The first-order valence-electron chi connectivity index (χ1n) is 9.54. The van der Waals surface area contributed by atoms with E-state index in [4.69, 9.17) is 4.42 Å². The van der Waals surface area contributed by atoms with Crippen LogP contribution in [-0.2, 0) is 16.0 Å². The Hall–Kier alpha value is -3.41. The maximum Gasteiger partial charge on any atom is 0.243 e. The van der Waals surface area contributed by atoms with Gasteiger partial charge in [-0.25, -0.2) is 4.98 Å². The van der Waals surface area contributed by atoms with Gasteiger partial charge in [-0.05, 0) is 31.0 Å². The summed E-state index contributed by atoms with van der Waals surface area (Å²) in [6, 6.07) is 15.4. The van der Waals surface area contributed by atoms with Crippen molar-refractivity contribution in [1.29, 1.82) is 0 Å². The molecule has 0 saturated carbocycles. The lowest BCUT2D eigenvalue weighted by Crippen LogP contribution is -2.35. The fourth-order valence-corrected chi connectivity index (χ4v) is 2.95. The molecule has 1 N–H and O–H groups in total. The summed E-state index contributed by atoms with van der Waals surface area (Å²) < 4.78 is 5.72. The van der Waals surface area contributed by atoms with Crippen LogP contribution >= 0.6 is 0 Å². The van der Waals surface area contributed by atoms with Gasteiger partial charge in [0.1, 0.15) is 0 Å². The lowest BCUT2D eigenvalue weighted by Gasteiger charge is -2.17. The second kappa shape index (κ2) is 9.19. The molecule has 1 aromatic heterocycles.